The highest BCUT2D eigenvalue weighted by atomic mass is 16.2. The molecule has 3 aromatic heterocycles. The Kier molecular flexibility index (Phi) is 3.25. The van der Waals surface area contributed by atoms with Crippen molar-refractivity contribution in [3.8, 4) is 5.82 Å². The van der Waals surface area contributed by atoms with Gasteiger partial charge in [-0.1, -0.05) is 18.2 Å². The smallest absolute Gasteiger partial charge is 0.259 e. The molecule has 1 aromatic carbocycles. The number of aromatic amines is 1. The maximum atomic E-state index is 13.2. The Hall–Kier alpha value is -3.28. The van der Waals surface area contributed by atoms with Gasteiger partial charge in [-0.2, -0.15) is 5.10 Å². The van der Waals surface area contributed by atoms with Gasteiger partial charge in [-0.05, 0) is 18.2 Å². The Morgan fingerprint density at radius 1 is 1.15 bits per heavy atom. The third-order valence-electron chi connectivity index (χ3n) is 5.16. The number of nitrogens with one attached hydrogen (secondary N) is 1. The zero-order valence-corrected chi connectivity index (χ0v) is 14.5. The van der Waals surface area contributed by atoms with Gasteiger partial charge in [0.15, 0.2) is 0 Å². The topological polar surface area (TPSA) is 58.9 Å². The molecule has 1 amide bonds. The number of carbonyl (C=O) groups is 1. The largest absolute Gasteiger partial charge is 0.358 e. The van der Waals surface area contributed by atoms with Crippen LogP contribution in [0.5, 0.6) is 0 Å². The van der Waals surface area contributed by atoms with Crippen molar-refractivity contribution in [2.24, 2.45) is 7.05 Å². The number of hydrogen-bond donors (Lipinski definition) is 1. The van der Waals surface area contributed by atoms with Crippen LogP contribution in [0.1, 0.15) is 21.6 Å². The standard InChI is InChI=1S/C20H19N5O/c1-23-19(24-9-4-5-10-24)15(12-21-23)20(26)25-11-8-18-16(13-25)14-6-2-3-7-17(14)22-18/h2-7,9-10,12,22H,8,11,13H2,1H3. The molecule has 1 N–H and O–H groups in total. The maximum Gasteiger partial charge on any atom is 0.259 e. The molecule has 6 heteroatoms. The van der Waals surface area contributed by atoms with E-state index in [-0.39, 0.29) is 5.91 Å². The summed E-state index contributed by atoms with van der Waals surface area (Å²) >= 11 is 0. The molecule has 0 fully saturated rings. The molecule has 0 bridgehead atoms. The van der Waals surface area contributed by atoms with Crippen LogP contribution >= 0.6 is 0 Å². The van der Waals surface area contributed by atoms with Gasteiger partial charge in [0.25, 0.3) is 5.91 Å². The summed E-state index contributed by atoms with van der Waals surface area (Å²) in [4.78, 5) is 18.7. The van der Waals surface area contributed by atoms with Crippen LogP contribution in [0.3, 0.4) is 0 Å². The van der Waals surface area contributed by atoms with E-state index in [2.05, 4.69) is 22.2 Å². The van der Waals surface area contributed by atoms with Crippen LogP contribution in [0.2, 0.25) is 0 Å². The summed E-state index contributed by atoms with van der Waals surface area (Å²) in [5.41, 5.74) is 4.24. The number of para-hydroxylation sites is 1. The number of nitrogens with zero attached hydrogens (tertiary/aromatic N) is 4. The summed E-state index contributed by atoms with van der Waals surface area (Å²) in [6.07, 6.45) is 6.38. The van der Waals surface area contributed by atoms with E-state index in [4.69, 9.17) is 0 Å². The SMILES string of the molecule is Cn1ncc(C(=O)N2CCc3[nH]c4ccccc4c3C2)c1-n1cccc1. The molecule has 0 atom stereocenters. The first-order valence-corrected chi connectivity index (χ1v) is 8.75. The van der Waals surface area contributed by atoms with Gasteiger partial charge < -0.3 is 14.5 Å². The molecule has 6 nitrogen and oxygen atoms in total. The minimum Gasteiger partial charge on any atom is -0.358 e. The molecule has 0 radical (unpaired) electrons. The van der Waals surface area contributed by atoms with Crippen molar-refractivity contribution in [1.29, 1.82) is 0 Å². The Bertz CT molecular complexity index is 1100. The Balaban J connectivity index is 1.51. The third kappa shape index (κ3) is 2.19. The fourth-order valence-corrected chi connectivity index (χ4v) is 3.87. The summed E-state index contributed by atoms with van der Waals surface area (Å²) < 4.78 is 3.68. The lowest BCUT2D eigenvalue weighted by molar-refractivity contribution is 0.0735. The highest BCUT2D eigenvalue weighted by molar-refractivity contribution is 5.97. The minimum absolute atomic E-state index is 0.0257. The van der Waals surface area contributed by atoms with Crippen LogP contribution in [0.15, 0.2) is 55.0 Å². The van der Waals surface area contributed by atoms with Gasteiger partial charge in [0, 0.05) is 61.1 Å². The van der Waals surface area contributed by atoms with Gasteiger partial charge in [-0.3, -0.25) is 9.48 Å². The second-order valence-corrected chi connectivity index (χ2v) is 6.70. The van der Waals surface area contributed by atoms with Gasteiger partial charge >= 0.3 is 0 Å². The van der Waals surface area contributed by atoms with Crippen molar-refractivity contribution in [1.82, 2.24) is 24.2 Å². The number of aryl methyl sites for hydroxylation is 1. The number of hydrogen-bond acceptors (Lipinski definition) is 2. The van der Waals surface area contributed by atoms with Crippen molar-refractivity contribution in [2.75, 3.05) is 6.54 Å². The zero-order valence-electron chi connectivity index (χ0n) is 14.5. The second kappa shape index (κ2) is 5.62. The van der Waals surface area contributed by atoms with E-state index in [1.54, 1.807) is 10.9 Å². The highest BCUT2D eigenvalue weighted by Gasteiger charge is 2.27. The van der Waals surface area contributed by atoms with Gasteiger partial charge in [0.2, 0.25) is 0 Å². The maximum absolute atomic E-state index is 13.2. The first-order chi connectivity index (χ1) is 12.7. The van der Waals surface area contributed by atoms with Crippen LogP contribution in [0.4, 0.5) is 0 Å². The van der Waals surface area contributed by atoms with Crippen molar-refractivity contribution in [2.45, 2.75) is 13.0 Å². The number of benzene rings is 1. The Morgan fingerprint density at radius 3 is 2.81 bits per heavy atom. The predicted molar refractivity (Wildman–Crippen MR) is 99.3 cm³/mol. The average molecular weight is 345 g/mol. The van der Waals surface area contributed by atoms with E-state index in [9.17, 15) is 4.79 Å². The number of amides is 1. The Morgan fingerprint density at radius 2 is 1.96 bits per heavy atom. The van der Waals surface area contributed by atoms with E-state index in [1.165, 1.54) is 16.6 Å². The minimum atomic E-state index is 0.0257. The molecule has 0 unspecified atom stereocenters. The van der Waals surface area contributed by atoms with Crippen LogP contribution in [0.25, 0.3) is 16.7 Å². The number of carbonyl (C=O) groups excluding carboxylic acids is 1. The monoisotopic (exact) mass is 345 g/mol. The Labute approximate surface area is 150 Å². The number of fused-ring (bicyclic) bond motifs is 3. The van der Waals surface area contributed by atoms with Crippen LogP contribution < -0.4 is 0 Å². The number of H-pyrrole nitrogens is 1. The first kappa shape index (κ1) is 15.0. The molecule has 1 aliphatic heterocycles. The lowest BCUT2D eigenvalue weighted by Gasteiger charge is -2.27. The molecule has 4 aromatic rings. The summed E-state index contributed by atoms with van der Waals surface area (Å²) in [6.45, 7) is 1.33. The third-order valence-corrected chi connectivity index (χ3v) is 5.16. The van der Waals surface area contributed by atoms with E-state index in [0.717, 1.165) is 17.8 Å². The summed E-state index contributed by atoms with van der Waals surface area (Å²) in [5.74, 6) is 0.822. The molecule has 4 heterocycles. The fourth-order valence-electron chi connectivity index (χ4n) is 3.87. The molecule has 0 saturated heterocycles. The van der Waals surface area contributed by atoms with Crippen molar-refractivity contribution in [3.05, 3.63) is 71.8 Å². The molecule has 0 saturated carbocycles. The van der Waals surface area contributed by atoms with E-state index < -0.39 is 0 Å². The normalized spacial score (nSPS) is 14.0. The lowest BCUT2D eigenvalue weighted by Crippen LogP contribution is -2.36. The molecule has 5 rings (SSSR count). The average Bonchev–Trinajstić information content (AvgIpc) is 3.38. The van der Waals surface area contributed by atoms with E-state index >= 15 is 0 Å². The molecule has 130 valence electrons. The highest BCUT2D eigenvalue weighted by Crippen LogP contribution is 2.29. The zero-order chi connectivity index (χ0) is 17.7. The van der Waals surface area contributed by atoms with E-state index in [1.807, 2.05) is 53.2 Å². The van der Waals surface area contributed by atoms with Crippen LogP contribution in [0, 0.1) is 0 Å². The van der Waals surface area contributed by atoms with Crippen molar-refractivity contribution >= 4 is 16.8 Å². The number of aromatic nitrogens is 4. The van der Waals surface area contributed by atoms with E-state index in [0.29, 0.717) is 18.7 Å². The molecule has 0 spiro atoms. The molecular weight excluding hydrogens is 326 g/mol. The predicted octanol–water partition coefficient (Wildman–Crippen LogP) is 2.89. The van der Waals surface area contributed by atoms with Gasteiger partial charge in [0.05, 0.1) is 6.20 Å². The van der Waals surface area contributed by atoms with Gasteiger partial charge in [-0.15, -0.1) is 0 Å². The first-order valence-electron chi connectivity index (χ1n) is 8.75. The van der Waals surface area contributed by atoms with Crippen LogP contribution in [-0.2, 0) is 20.0 Å². The van der Waals surface area contributed by atoms with Crippen molar-refractivity contribution in [3.63, 3.8) is 0 Å². The van der Waals surface area contributed by atoms with Crippen molar-refractivity contribution < 1.29 is 4.79 Å². The number of rotatable bonds is 2. The van der Waals surface area contributed by atoms with Crippen LogP contribution in [-0.4, -0.2) is 36.7 Å². The van der Waals surface area contributed by atoms with Gasteiger partial charge in [-0.25, -0.2) is 0 Å². The quantitative estimate of drug-likeness (QED) is 0.607. The molecule has 1 aliphatic rings. The molecular formula is C20H19N5O. The summed E-state index contributed by atoms with van der Waals surface area (Å²) in [7, 11) is 1.86. The molecule has 0 aliphatic carbocycles. The van der Waals surface area contributed by atoms with Gasteiger partial charge in [0.1, 0.15) is 11.4 Å². The lowest BCUT2D eigenvalue weighted by atomic mass is 10.0. The second-order valence-electron chi connectivity index (χ2n) is 6.70. The summed E-state index contributed by atoms with van der Waals surface area (Å²) in [5, 5.41) is 5.52. The molecule has 26 heavy (non-hydrogen) atoms. The summed E-state index contributed by atoms with van der Waals surface area (Å²) in [6, 6.07) is 12.2. The fraction of sp³-hybridized carbons (Fsp3) is 0.200.